The molecule has 0 spiro atoms. The number of rotatable bonds is 4. The van der Waals surface area contributed by atoms with Crippen molar-refractivity contribution in [2.24, 2.45) is 0 Å². The van der Waals surface area contributed by atoms with Crippen LogP contribution < -0.4 is 9.47 Å². The SMILES string of the molecule is COc1ccc(C#N)cc1COc1cccnc1Cl. The molecule has 2 rings (SSSR count). The topological polar surface area (TPSA) is 55.1 Å². The van der Waals surface area contributed by atoms with Gasteiger partial charge in [-0.3, -0.25) is 0 Å². The van der Waals surface area contributed by atoms with Crippen molar-refractivity contribution in [2.75, 3.05) is 7.11 Å². The Morgan fingerprint density at radius 3 is 2.84 bits per heavy atom. The highest BCUT2D eigenvalue weighted by Gasteiger charge is 2.07. The summed E-state index contributed by atoms with van der Waals surface area (Å²) in [6.45, 7) is 0.254. The summed E-state index contributed by atoms with van der Waals surface area (Å²) in [4.78, 5) is 3.92. The van der Waals surface area contributed by atoms with Gasteiger partial charge in [-0.15, -0.1) is 0 Å². The highest BCUT2D eigenvalue weighted by molar-refractivity contribution is 6.30. The van der Waals surface area contributed by atoms with E-state index in [1.807, 2.05) is 0 Å². The summed E-state index contributed by atoms with van der Waals surface area (Å²) in [5.41, 5.74) is 1.33. The predicted octanol–water partition coefficient (Wildman–Crippen LogP) is 3.19. The molecule has 0 aliphatic carbocycles. The molecule has 4 nitrogen and oxygen atoms in total. The molecule has 2 aromatic rings. The number of methoxy groups -OCH3 is 1. The van der Waals surface area contributed by atoms with Crippen LogP contribution in [-0.4, -0.2) is 12.1 Å². The number of pyridine rings is 1. The van der Waals surface area contributed by atoms with Crippen molar-refractivity contribution in [3.63, 3.8) is 0 Å². The summed E-state index contributed by atoms with van der Waals surface area (Å²) >= 11 is 5.90. The summed E-state index contributed by atoms with van der Waals surface area (Å²) in [6.07, 6.45) is 1.59. The molecule has 5 heteroatoms. The van der Waals surface area contributed by atoms with Crippen molar-refractivity contribution >= 4 is 11.6 Å². The van der Waals surface area contributed by atoms with Crippen molar-refractivity contribution in [3.8, 4) is 17.6 Å². The number of nitrogens with zero attached hydrogens (tertiary/aromatic N) is 2. The third-order valence-electron chi connectivity index (χ3n) is 2.52. The zero-order valence-electron chi connectivity index (χ0n) is 10.3. The zero-order valence-corrected chi connectivity index (χ0v) is 11.0. The van der Waals surface area contributed by atoms with E-state index in [4.69, 9.17) is 26.3 Å². The monoisotopic (exact) mass is 274 g/mol. The Hall–Kier alpha value is -2.25. The summed E-state index contributed by atoms with van der Waals surface area (Å²) in [6, 6.07) is 10.7. The lowest BCUT2D eigenvalue weighted by Gasteiger charge is -2.11. The number of ether oxygens (including phenoxy) is 2. The lowest BCUT2D eigenvalue weighted by atomic mass is 10.1. The molecule has 1 aromatic carbocycles. The minimum Gasteiger partial charge on any atom is -0.496 e. The second kappa shape index (κ2) is 6.07. The molecule has 0 atom stereocenters. The Bertz CT molecular complexity index is 623. The van der Waals surface area contributed by atoms with Crippen molar-refractivity contribution < 1.29 is 9.47 Å². The molecular formula is C14H11ClN2O2. The smallest absolute Gasteiger partial charge is 0.171 e. The largest absolute Gasteiger partial charge is 0.496 e. The van der Waals surface area contributed by atoms with Crippen LogP contribution in [0.2, 0.25) is 5.15 Å². The quantitative estimate of drug-likeness (QED) is 0.804. The van der Waals surface area contributed by atoms with Gasteiger partial charge < -0.3 is 9.47 Å². The van der Waals surface area contributed by atoms with Crippen LogP contribution in [0.1, 0.15) is 11.1 Å². The van der Waals surface area contributed by atoms with E-state index < -0.39 is 0 Å². The molecule has 19 heavy (non-hydrogen) atoms. The number of halogens is 1. The van der Waals surface area contributed by atoms with Gasteiger partial charge in [-0.25, -0.2) is 4.98 Å². The van der Waals surface area contributed by atoms with Gasteiger partial charge in [0.2, 0.25) is 0 Å². The second-order valence-corrected chi connectivity index (χ2v) is 4.08. The standard InChI is InChI=1S/C14H11ClN2O2/c1-18-12-5-4-10(8-16)7-11(12)9-19-13-3-2-6-17-14(13)15/h2-7H,9H2,1H3. The van der Waals surface area contributed by atoms with Crippen molar-refractivity contribution in [1.82, 2.24) is 4.98 Å². The van der Waals surface area contributed by atoms with Gasteiger partial charge in [-0.2, -0.15) is 5.26 Å². The van der Waals surface area contributed by atoms with E-state index in [2.05, 4.69) is 11.1 Å². The van der Waals surface area contributed by atoms with Gasteiger partial charge >= 0.3 is 0 Å². The third-order valence-corrected chi connectivity index (χ3v) is 2.80. The fourth-order valence-electron chi connectivity index (χ4n) is 1.60. The van der Waals surface area contributed by atoms with Crippen molar-refractivity contribution in [2.45, 2.75) is 6.61 Å². The van der Waals surface area contributed by atoms with E-state index in [0.29, 0.717) is 22.2 Å². The Labute approximate surface area is 116 Å². The maximum atomic E-state index is 8.89. The Morgan fingerprint density at radius 1 is 1.32 bits per heavy atom. The molecule has 0 aliphatic heterocycles. The molecular weight excluding hydrogens is 264 g/mol. The van der Waals surface area contributed by atoms with Crippen LogP contribution in [0, 0.1) is 11.3 Å². The first-order valence-electron chi connectivity index (χ1n) is 5.55. The molecule has 0 N–H and O–H groups in total. The van der Waals surface area contributed by atoms with Gasteiger partial charge in [0.1, 0.15) is 12.4 Å². The van der Waals surface area contributed by atoms with E-state index in [0.717, 1.165) is 5.56 Å². The molecule has 0 fully saturated rings. The van der Waals surface area contributed by atoms with Gasteiger partial charge in [0.25, 0.3) is 0 Å². The van der Waals surface area contributed by atoms with Crippen LogP contribution in [0.15, 0.2) is 36.5 Å². The molecule has 0 radical (unpaired) electrons. The van der Waals surface area contributed by atoms with E-state index in [-0.39, 0.29) is 6.61 Å². The van der Waals surface area contributed by atoms with E-state index in [1.165, 1.54) is 0 Å². The molecule has 1 heterocycles. The molecule has 0 aliphatic rings. The number of benzene rings is 1. The van der Waals surface area contributed by atoms with Gasteiger partial charge in [0.15, 0.2) is 10.9 Å². The summed E-state index contributed by atoms with van der Waals surface area (Å²) in [7, 11) is 1.57. The molecule has 1 aromatic heterocycles. The fourth-order valence-corrected chi connectivity index (χ4v) is 1.77. The molecule has 0 amide bonds. The minimum atomic E-state index is 0.254. The van der Waals surface area contributed by atoms with E-state index in [1.54, 1.807) is 43.6 Å². The molecule has 0 bridgehead atoms. The minimum absolute atomic E-state index is 0.254. The molecule has 0 saturated carbocycles. The number of hydrogen-bond donors (Lipinski definition) is 0. The van der Waals surface area contributed by atoms with E-state index >= 15 is 0 Å². The third kappa shape index (κ3) is 3.15. The molecule has 96 valence electrons. The average molecular weight is 275 g/mol. The highest BCUT2D eigenvalue weighted by Crippen LogP contribution is 2.25. The molecule has 0 unspecified atom stereocenters. The lowest BCUT2D eigenvalue weighted by molar-refractivity contribution is 0.296. The van der Waals surface area contributed by atoms with Gasteiger partial charge in [0.05, 0.1) is 18.7 Å². The predicted molar refractivity (Wildman–Crippen MR) is 71.3 cm³/mol. The highest BCUT2D eigenvalue weighted by atomic mass is 35.5. The average Bonchev–Trinajstić information content (AvgIpc) is 2.46. The van der Waals surface area contributed by atoms with Crippen LogP contribution in [0.3, 0.4) is 0 Å². The first-order valence-corrected chi connectivity index (χ1v) is 5.92. The summed E-state index contributed by atoms with van der Waals surface area (Å²) in [5, 5.41) is 9.20. The normalized spacial score (nSPS) is 9.74. The summed E-state index contributed by atoms with van der Waals surface area (Å²) < 4.78 is 10.8. The van der Waals surface area contributed by atoms with E-state index in [9.17, 15) is 0 Å². The maximum Gasteiger partial charge on any atom is 0.171 e. The first kappa shape index (κ1) is 13.2. The Balaban J connectivity index is 2.19. The maximum absolute atomic E-state index is 8.89. The second-order valence-electron chi connectivity index (χ2n) is 3.72. The van der Waals surface area contributed by atoms with Gasteiger partial charge in [-0.1, -0.05) is 11.6 Å². The van der Waals surface area contributed by atoms with Gasteiger partial charge in [-0.05, 0) is 30.3 Å². The van der Waals surface area contributed by atoms with Crippen LogP contribution >= 0.6 is 11.6 Å². The van der Waals surface area contributed by atoms with Crippen LogP contribution in [0.5, 0.6) is 11.5 Å². The molecule has 0 saturated heterocycles. The number of hydrogen-bond acceptors (Lipinski definition) is 4. The zero-order chi connectivity index (χ0) is 13.7. The fraction of sp³-hybridized carbons (Fsp3) is 0.143. The Kier molecular flexibility index (Phi) is 4.22. The first-order chi connectivity index (χ1) is 9.24. The van der Waals surface area contributed by atoms with Crippen LogP contribution in [0.4, 0.5) is 0 Å². The summed E-state index contributed by atoms with van der Waals surface area (Å²) in [5.74, 6) is 1.16. The number of aromatic nitrogens is 1. The lowest BCUT2D eigenvalue weighted by Crippen LogP contribution is -2.00. The van der Waals surface area contributed by atoms with Crippen LogP contribution in [0.25, 0.3) is 0 Å². The Morgan fingerprint density at radius 2 is 2.16 bits per heavy atom. The van der Waals surface area contributed by atoms with Crippen LogP contribution in [-0.2, 0) is 6.61 Å². The van der Waals surface area contributed by atoms with Gasteiger partial charge in [0, 0.05) is 11.8 Å². The van der Waals surface area contributed by atoms with Crippen molar-refractivity contribution in [3.05, 3.63) is 52.8 Å². The number of nitriles is 1. The van der Waals surface area contributed by atoms with Crippen molar-refractivity contribution in [1.29, 1.82) is 5.26 Å².